The number of imidazole rings is 1. The summed E-state index contributed by atoms with van der Waals surface area (Å²) in [5.41, 5.74) is 3.06. The predicted octanol–water partition coefficient (Wildman–Crippen LogP) is 2.48. The number of nitrogens with zero attached hydrogens (tertiary/aromatic N) is 8. The molecule has 7 rings (SSSR count). The number of hydrogen-bond donors (Lipinski definition) is 0. The summed E-state index contributed by atoms with van der Waals surface area (Å²) >= 11 is 0. The molecule has 5 aromatic rings. The summed E-state index contributed by atoms with van der Waals surface area (Å²) < 4.78 is 22.8. The van der Waals surface area contributed by atoms with Crippen molar-refractivity contribution in [2.45, 2.75) is 13.1 Å². The minimum Gasteiger partial charge on any atom is -0.337 e. The molecule has 2 amide bonds. The van der Waals surface area contributed by atoms with E-state index in [2.05, 4.69) is 25.2 Å². The number of carbonyl (C=O) groups excluding carboxylic acids is 2. The van der Waals surface area contributed by atoms with Gasteiger partial charge in [-0.1, -0.05) is 17.3 Å². The average Bonchev–Trinajstić information content (AvgIpc) is 3.64. The molecule has 0 saturated heterocycles. The highest BCUT2D eigenvalue weighted by Crippen LogP contribution is 2.34. The van der Waals surface area contributed by atoms with Crippen molar-refractivity contribution in [1.82, 2.24) is 39.4 Å². The summed E-state index contributed by atoms with van der Waals surface area (Å²) in [6.45, 7) is 0.119. The summed E-state index contributed by atoms with van der Waals surface area (Å²) in [6.07, 6.45) is 3.00. The number of rotatable bonds is 3. The predicted molar refractivity (Wildman–Crippen MR) is 116 cm³/mol. The van der Waals surface area contributed by atoms with Crippen molar-refractivity contribution < 1.29 is 18.5 Å². The smallest absolute Gasteiger partial charge is 0.262 e. The first-order valence-electron chi connectivity index (χ1n) is 10.6. The summed E-state index contributed by atoms with van der Waals surface area (Å²) in [5, 5.41) is 8.30. The molecule has 0 N–H and O–H groups in total. The standard InChI is InChI=1S/C23H13FN8O3/c24-12-5-6-16-15(7-12)21-25-10-27-32(21)8-17-19(26-11-31(16)17)20-28-18(35-29-20)9-30-22(33)13-3-1-2-4-14(13)23(30)34/h1-7,10-11H,8-9H2. The van der Waals surface area contributed by atoms with Gasteiger partial charge in [0.2, 0.25) is 11.7 Å². The fraction of sp³-hybridized carbons (Fsp3) is 0.0870. The van der Waals surface area contributed by atoms with E-state index in [9.17, 15) is 14.0 Å². The molecule has 2 aromatic carbocycles. The third-order valence-corrected chi connectivity index (χ3v) is 6.09. The number of fused-ring (bicyclic) bond motifs is 6. The van der Waals surface area contributed by atoms with Gasteiger partial charge in [-0.25, -0.2) is 19.0 Å². The molecule has 0 radical (unpaired) electrons. The fourth-order valence-electron chi connectivity index (χ4n) is 4.48. The van der Waals surface area contributed by atoms with E-state index in [-0.39, 0.29) is 24.8 Å². The lowest BCUT2D eigenvalue weighted by Crippen LogP contribution is -2.29. The van der Waals surface area contributed by atoms with E-state index in [0.29, 0.717) is 39.6 Å². The zero-order valence-corrected chi connectivity index (χ0v) is 17.8. The van der Waals surface area contributed by atoms with Crippen molar-refractivity contribution in [1.29, 1.82) is 0 Å². The first kappa shape index (κ1) is 19.5. The van der Waals surface area contributed by atoms with Crippen LogP contribution in [0.2, 0.25) is 0 Å². The molecule has 0 saturated carbocycles. The van der Waals surface area contributed by atoms with Gasteiger partial charge in [-0.05, 0) is 30.3 Å². The van der Waals surface area contributed by atoms with Crippen LogP contribution in [0.25, 0.3) is 28.6 Å². The Morgan fingerprint density at radius 2 is 1.80 bits per heavy atom. The van der Waals surface area contributed by atoms with Gasteiger partial charge in [0.05, 0.1) is 29.1 Å². The van der Waals surface area contributed by atoms with Crippen LogP contribution in [0.4, 0.5) is 4.39 Å². The molecule has 0 unspecified atom stereocenters. The number of carbonyl (C=O) groups is 2. The second kappa shape index (κ2) is 7.00. The molecule has 0 atom stereocenters. The first-order valence-corrected chi connectivity index (χ1v) is 10.6. The summed E-state index contributed by atoms with van der Waals surface area (Å²) in [5.74, 6) is -0.412. The van der Waals surface area contributed by atoms with Gasteiger partial charge >= 0.3 is 0 Å². The lowest BCUT2D eigenvalue weighted by atomic mass is 10.1. The molecule has 2 aliphatic heterocycles. The van der Waals surface area contributed by atoms with Gasteiger partial charge < -0.3 is 4.52 Å². The largest absolute Gasteiger partial charge is 0.337 e. The molecule has 0 bridgehead atoms. The number of amides is 2. The first-order chi connectivity index (χ1) is 17.1. The average molecular weight is 468 g/mol. The molecule has 2 aliphatic rings. The maximum atomic E-state index is 14.0. The van der Waals surface area contributed by atoms with Gasteiger partial charge in [-0.3, -0.25) is 19.1 Å². The van der Waals surface area contributed by atoms with Crippen molar-refractivity contribution >= 4 is 11.8 Å². The number of imide groups is 1. The van der Waals surface area contributed by atoms with E-state index >= 15 is 0 Å². The van der Waals surface area contributed by atoms with Crippen molar-refractivity contribution in [3.8, 4) is 28.6 Å². The molecule has 170 valence electrons. The zero-order chi connectivity index (χ0) is 23.7. The SMILES string of the molecule is O=C1c2ccccc2C(=O)N1Cc1nc(-c2ncn3c2Cn2ncnc2-c2cc(F)ccc2-3)no1. The molecule has 0 fully saturated rings. The summed E-state index contributed by atoms with van der Waals surface area (Å²) in [6, 6.07) is 11.0. The van der Waals surface area contributed by atoms with Crippen molar-refractivity contribution in [3.05, 3.63) is 83.6 Å². The van der Waals surface area contributed by atoms with Crippen LogP contribution < -0.4 is 0 Å². The van der Waals surface area contributed by atoms with Gasteiger partial charge in [0.1, 0.15) is 30.7 Å². The highest BCUT2D eigenvalue weighted by Gasteiger charge is 2.36. The van der Waals surface area contributed by atoms with Gasteiger partial charge in [0.25, 0.3) is 11.8 Å². The Morgan fingerprint density at radius 3 is 2.60 bits per heavy atom. The fourth-order valence-corrected chi connectivity index (χ4v) is 4.48. The minimum atomic E-state index is -0.413. The monoisotopic (exact) mass is 468 g/mol. The normalized spacial score (nSPS) is 13.9. The molecular weight excluding hydrogens is 455 g/mol. The van der Waals surface area contributed by atoms with Crippen LogP contribution in [0, 0.1) is 5.82 Å². The molecule has 3 aromatic heterocycles. The van der Waals surface area contributed by atoms with E-state index in [0.717, 1.165) is 4.90 Å². The Kier molecular flexibility index (Phi) is 3.89. The van der Waals surface area contributed by atoms with Gasteiger partial charge in [0, 0.05) is 5.56 Å². The maximum absolute atomic E-state index is 14.0. The number of benzene rings is 2. The Hall–Kier alpha value is -5.00. The zero-order valence-electron chi connectivity index (χ0n) is 17.8. The van der Waals surface area contributed by atoms with E-state index in [4.69, 9.17) is 4.52 Å². The lowest BCUT2D eigenvalue weighted by Gasteiger charge is -2.09. The lowest BCUT2D eigenvalue weighted by molar-refractivity contribution is 0.0625. The van der Waals surface area contributed by atoms with Crippen molar-refractivity contribution in [2.75, 3.05) is 0 Å². The van der Waals surface area contributed by atoms with E-state index in [1.807, 2.05) is 0 Å². The van der Waals surface area contributed by atoms with E-state index < -0.39 is 17.6 Å². The molecule has 0 spiro atoms. The molecule has 12 heteroatoms. The molecule has 5 heterocycles. The van der Waals surface area contributed by atoms with Crippen LogP contribution in [0.1, 0.15) is 32.3 Å². The van der Waals surface area contributed by atoms with E-state index in [1.54, 1.807) is 45.9 Å². The van der Waals surface area contributed by atoms with Crippen LogP contribution in [0.3, 0.4) is 0 Å². The van der Waals surface area contributed by atoms with Crippen LogP contribution in [0.5, 0.6) is 0 Å². The Morgan fingerprint density at radius 1 is 1.00 bits per heavy atom. The third kappa shape index (κ3) is 2.79. The second-order valence-corrected chi connectivity index (χ2v) is 8.07. The van der Waals surface area contributed by atoms with Crippen LogP contribution >= 0.6 is 0 Å². The number of halogens is 1. The van der Waals surface area contributed by atoms with E-state index in [1.165, 1.54) is 18.5 Å². The Bertz CT molecular complexity index is 1650. The van der Waals surface area contributed by atoms with Crippen LogP contribution in [0.15, 0.2) is 59.6 Å². The third-order valence-electron chi connectivity index (χ3n) is 6.09. The Balaban J connectivity index is 1.25. The minimum absolute atomic E-state index is 0.0915. The number of hydrogen-bond acceptors (Lipinski definition) is 8. The van der Waals surface area contributed by atoms with Crippen LogP contribution in [-0.4, -0.2) is 51.2 Å². The molecule has 0 aliphatic carbocycles. The van der Waals surface area contributed by atoms with Gasteiger partial charge in [-0.2, -0.15) is 10.1 Å². The van der Waals surface area contributed by atoms with Crippen molar-refractivity contribution in [3.63, 3.8) is 0 Å². The number of aromatic nitrogens is 7. The van der Waals surface area contributed by atoms with Gasteiger partial charge in [0.15, 0.2) is 5.82 Å². The summed E-state index contributed by atoms with van der Waals surface area (Å²) in [7, 11) is 0. The Labute approximate surface area is 195 Å². The topological polar surface area (TPSA) is 125 Å². The van der Waals surface area contributed by atoms with Crippen LogP contribution in [-0.2, 0) is 13.1 Å². The molecular formula is C23H13FN8O3. The molecule has 35 heavy (non-hydrogen) atoms. The van der Waals surface area contributed by atoms with Gasteiger partial charge in [-0.15, -0.1) is 0 Å². The summed E-state index contributed by atoms with van der Waals surface area (Å²) in [4.78, 5) is 39.6. The maximum Gasteiger partial charge on any atom is 0.262 e. The quantitative estimate of drug-likeness (QED) is 0.363. The highest BCUT2D eigenvalue weighted by molar-refractivity contribution is 6.21. The second-order valence-electron chi connectivity index (χ2n) is 8.07. The van der Waals surface area contributed by atoms with Crippen molar-refractivity contribution in [2.24, 2.45) is 0 Å². The molecule has 11 nitrogen and oxygen atoms in total. The highest BCUT2D eigenvalue weighted by atomic mass is 19.1.